The fourth-order valence-corrected chi connectivity index (χ4v) is 3.05. The molecule has 1 aliphatic carbocycles. The van der Waals surface area contributed by atoms with Crippen molar-refractivity contribution in [2.24, 2.45) is 5.92 Å². The molecular weight excluding hydrogens is 211 g/mol. The molecule has 2 nitrogen and oxygen atoms in total. The Hall–Kier alpha value is -0.795. The Balaban J connectivity index is 1.78. The van der Waals surface area contributed by atoms with Crippen LogP contribution in [0.4, 0.5) is 0 Å². The summed E-state index contributed by atoms with van der Waals surface area (Å²) in [6.45, 7) is 3.10. The molecule has 0 aromatic heterocycles. The van der Waals surface area contributed by atoms with Crippen molar-refractivity contribution in [3.8, 4) is 0 Å². The number of hydrogen-bond donors (Lipinski definition) is 0. The van der Waals surface area contributed by atoms with Gasteiger partial charge in [-0.15, -0.1) is 0 Å². The van der Waals surface area contributed by atoms with Crippen LogP contribution in [0.3, 0.4) is 0 Å². The summed E-state index contributed by atoms with van der Waals surface area (Å²) in [5.74, 6) is 0.580. The van der Waals surface area contributed by atoms with Gasteiger partial charge in [0.25, 0.3) is 0 Å². The average molecular weight is 230 g/mol. The number of benzene rings is 1. The van der Waals surface area contributed by atoms with Crippen LogP contribution in [0.25, 0.3) is 0 Å². The predicted molar refractivity (Wildman–Crippen MR) is 69.2 cm³/mol. The topological polar surface area (TPSA) is 18.5 Å². The van der Waals surface area contributed by atoms with Gasteiger partial charge in [0.2, 0.25) is 0 Å². The van der Waals surface area contributed by atoms with Crippen LogP contribution < -0.4 is 5.46 Å². The van der Waals surface area contributed by atoms with Crippen LogP contribution in [0, 0.1) is 5.92 Å². The summed E-state index contributed by atoms with van der Waals surface area (Å²) in [4.78, 5) is 0. The van der Waals surface area contributed by atoms with Crippen LogP contribution in [0.15, 0.2) is 30.3 Å². The van der Waals surface area contributed by atoms with E-state index in [2.05, 4.69) is 19.1 Å². The standard InChI is InChI=1S/C14H19BO2/c1-14-10-6-5-7-12(14)11-16-15(17-14)13-8-3-2-4-9-13/h2-4,8-9,12H,5-7,10-11H2,1H3/t12-,14+/m1/s1. The highest BCUT2D eigenvalue weighted by Crippen LogP contribution is 2.39. The lowest BCUT2D eigenvalue weighted by Crippen LogP contribution is -2.56. The van der Waals surface area contributed by atoms with Gasteiger partial charge < -0.3 is 9.31 Å². The number of rotatable bonds is 1. The van der Waals surface area contributed by atoms with E-state index in [0.29, 0.717) is 5.92 Å². The Morgan fingerprint density at radius 3 is 2.88 bits per heavy atom. The van der Waals surface area contributed by atoms with Gasteiger partial charge >= 0.3 is 7.12 Å². The highest BCUT2D eigenvalue weighted by Gasteiger charge is 2.45. The largest absolute Gasteiger partial charge is 0.494 e. The van der Waals surface area contributed by atoms with Crippen LogP contribution in [-0.4, -0.2) is 19.3 Å². The van der Waals surface area contributed by atoms with Gasteiger partial charge in [-0.3, -0.25) is 0 Å². The monoisotopic (exact) mass is 230 g/mol. The smallest absolute Gasteiger partial charge is 0.407 e. The zero-order valence-electron chi connectivity index (χ0n) is 10.4. The van der Waals surface area contributed by atoms with Crippen molar-refractivity contribution in [2.75, 3.05) is 6.61 Å². The van der Waals surface area contributed by atoms with Crippen molar-refractivity contribution in [3.63, 3.8) is 0 Å². The van der Waals surface area contributed by atoms with E-state index in [-0.39, 0.29) is 12.7 Å². The molecule has 1 aliphatic heterocycles. The van der Waals surface area contributed by atoms with Gasteiger partial charge in [0.05, 0.1) is 5.60 Å². The van der Waals surface area contributed by atoms with Crippen molar-refractivity contribution in [1.29, 1.82) is 0 Å². The first kappa shape index (κ1) is 11.3. The Morgan fingerprint density at radius 2 is 2.06 bits per heavy atom. The minimum absolute atomic E-state index is 0.0248. The van der Waals surface area contributed by atoms with E-state index in [0.717, 1.165) is 12.1 Å². The van der Waals surface area contributed by atoms with Gasteiger partial charge in [-0.05, 0) is 25.2 Å². The van der Waals surface area contributed by atoms with Crippen LogP contribution in [-0.2, 0) is 9.31 Å². The average Bonchev–Trinajstić information content (AvgIpc) is 2.38. The number of fused-ring (bicyclic) bond motifs is 1. The van der Waals surface area contributed by atoms with E-state index in [1.165, 1.54) is 25.7 Å². The molecule has 3 rings (SSSR count). The summed E-state index contributed by atoms with van der Waals surface area (Å²) in [6.07, 6.45) is 5.03. The second-order valence-electron chi connectivity index (χ2n) is 5.45. The molecule has 1 heterocycles. The van der Waals surface area contributed by atoms with E-state index < -0.39 is 0 Å². The first-order chi connectivity index (χ1) is 8.28. The second kappa shape index (κ2) is 4.47. The molecule has 0 bridgehead atoms. The van der Waals surface area contributed by atoms with Crippen molar-refractivity contribution in [1.82, 2.24) is 0 Å². The fraction of sp³-hybridized carbons (Fsp3) is 0.571. The summed E-state index contributed by atoms with van der Waals surface area (Å²) in [5, 5.41) is 0. The summed E-state index contributed by atoms with van der Waals surface area (Å²) in [5.41, 5.74) is 1.16. The first-order valence-corrected chi connectivity index (χ1v) is 6.62. The summed E-state index contributed by atoms with van der Waals surface area (Å²) in [6, 6.07) is 10.3. The Kier molecular flexibility index (Phi) is 2.97. The molecule has 2 fully saturated rings. The van der Waals surface area contributed by atoms with Crippen molar-refractivity contribution >= 4 is 12.6 Å². The lowest BCUT2D eigenvalue weighted by atomic mass is 9.69. The summed E-state index contributed by atoms with van der Waals surface area (Å²) < 4.78 is 12.1. The lowest BCUT2D eigenvalue weighted by molar-refractivity contribution is -0.0804. The van der Waals surface area contributed by atoms with Gasteiger partial charge in [-0.2, -0.15) is 0 Å². The SMILES string of the molecule is C[C@]12CCCC[C@@H]1COB(c1ccccc1)O2. The molecule has 1 aromatic rings. The molecule has 1 saturated carbocycles. The van der Waals surface area contributed by atoms with Crippen molar-refractivity contribution in [2.45, 2.75) is 38.2 Å². The zero-order valence-corrected chi connectivity index (χ0v) is 10.4. The Morgan fingerprint density at radius 1 is 1.24 bits per heavy atom. The third kappa shape index (κ3) is 2.14. The van der Waals surface area contributed by atoms with Gasteiger partial charge in [-0.1, -0.05) is 43.2 Å². The molecule has 17 heavy (non-hydrogen) atoms. The lowest BCUT2D eigenvalue weighted by Gasteiger charge is -2.47. The molecule has 0 N–H and O–H groups in total. The molecule has 0 spiro atoms. The first-order valence-electron chi connectivity index (χ1n) is 6.62. The third-order valence-electron chi connectivity index (χ3n) is 4.24. The van der Waals surface area contributed by atoms with Crippen molar-refractivity contribution < 1.29 is 9.31 Å². The highest BCUT2D eigenvalue weighted by atomic mass is 16.6. The number of hydrogen-bond acceptors (Lipinski definition) is 2. The maximum Gasteiger partial charge on any atom is 0.494 e. The molecule has 2 aliphatic rings. The molecule has 1 saturated heterocycles. The van der Waals surface area contributed by atoms with Crippen molar-refractivity contribution in [3.05, 3.63) is 30.3 Å². The Bertz CT molecular complexity index is 381. The van der Waals surface area contributed by atoms with E-state index >= 15 is 0 Å². The summed E-state index contributed by atoms with van der Waals surface area (Å²) >= 11 is 0. The third-order valence-corrected chi connectivity index (χ3v) is 4.24. The summed E-state index contributed by atoms with van der Waals surface area (Å²) in [7, 11) is -0.171. The minimum Gasteiger partial charge on any atom is -0.407 e. The van der Waals surface area contributed by atoms with Gasteiger partial charge in [0.15, 0.2) is 0 Å². The van der Waals surface area contributed by atoms with Gasteiger partial charge in [-0.25, -0.2) is 0 Å². The quantitative estimate of drug-likeness (QED) is 0.689. The molecule has 2 atom stereocenters. The maximum atomic E-state index is 6.24. The zero-order chi connectivity index (χ0) is 11.7. The second-order valence-corrected chi connectivity index (χ2v) is 5.45. The molecule has 3 heteroatoms. The molecule has 90 valence electrons. The van der Waals surface area contributed by atoms with Crippen LogP contribution in [0.1, 0.15) is 32.6 Å². The van der Waals surface area contributed by atoms with Gasteiger partial charge in [0.1, 0.15) is 0 Å². The molecule has 1 aromatic carbocycles. The van der Waals surface area contributed by atoms with E-state index in [1.54, 1.807) is 0 Å². The molecule has 0 unspecified atom stereocenters. The highest BCUT2D eigenvalue weighted by molar-refractivity contribution is 6.61. The molecular formula is C14H19BO2. The van der Waals surface area contributed by atoms with E-state index in [9.17, 15) is 0 Å². The molecule has 0 amide bonds. The molecule has 0 radical (unpaired) electrons. The minimum atomic E-state index is -0.171. The van der Waals surface area contributed by atoms with Gasteiger partial charge in [0, 0.05) is 12.5 Å². The van der Waals surface area contributed by atoms with Crippen LogP contribution in [0.2, 0.25) is 0 Å². The van der Waals surface area contributed by atoms with E-state index in [1.807, 2.05) is 18.2 Å². The fourth-order valence-electron chi connectivity index (χ4n) is 3.05. The van der Waals surface area contributed by atoms with Crippen LogP contribution in [0.5, 0.6) is 0 Å². The normalized spacial score (nSPS) is 33.2. The Labute approximate surface area is 103 Å². The van der Waals surface area contributed by atoms with Crippen LogP contribution >= 0.6 is 0 Å². The predicted octanol–water partition coefficient (Wildman–Crippen LogP) is 2.38. The maximum absolute atomic E-state index is 6.24. The van der Waals surface area contributed by atoms with E-state index in [4.69, 9.17) is 9.31 Å².